The Morgan fingerprint density at radius 2 is 2.07 bits per heavy atom. The van der Waals surface area contributed by atoms with Crippen molar-refractivity contribution < 1.29 is 14.6 Å². The lowest BCUT2D eigenvalue weighted by atomic mass is 9.72. The molecule has 0 radical (unpaired) electrons. The van der Waals surface area contributed by atoms with Crippen molar-refractivity contribution in [3.05, 3.63) is 0 Å². The van der Waals surface area contributed by atoms with Gasteiger partial charge in [0.05, 0.1) is 11.7 Å². The third-order valence-electron chi connectivity index (χ3n) is 3.91. The molecule has 1 aliphatic carbocycles. The molecule has 0 aromatic rings. The third-order valence-corrected chi connectivity index (χ3v) is 3.91. The number of ether oxygens (including phenoxy) is 2. The summed E-state index contributed by atoms with van der Waals surface area (Å²) in [6.07, 6.45) is 5.00. The van der Waals surface area contributed by atoms with Crippen molar-refractivity contribution >= 4 is 0 Å². The summed E-state index contributed by atoms with van der Waals surface area (Å²) in [7, 11) is 0. The molecule has 0 aromatic heterocycles. The number of rotatable bonds is 4. The molecule has 1 heterocycles. The quantitative estimate of drug-likeness (QED) is 0.774. The highest BCUT2D eigenvalue weighted by Crippen LogP contribution is 2.40. The van der Waals surface area contributed by atoms with Crippen LogP contribution in [0.2, 0.25) is 0 Å². The van der Waals surface area contributed by atoms with E-state index in [-0.39, 0.29) is 11.7 Å². The van der Waals surface area contributed by atoms with Crippen LogP contribution < -0.4 is 0 Å². The van der Waals surface area contributed by atoms with Crippen LogP contribution in [0, 0.1) is 5.92 Å². The minimum atomic E-state index is -0.307. The molecule has 2 aliphatic rings. The lowest BCUT2D eigenvalue weighted by Crippen LogP contribution is -2.53. The first-order valence-electron chi connectivity index (χ1n) is 6.18. The first-order valence-corrected chi connectivity index (χ1v) is 6.18. The molecule has 88 valence electrons. The Hall–Kier alpha value is -0.120. The molecule has 0 aromatic carbocycles. The van der Waals surface area contributed by atoms with Crippen LogP contribution >= 0.6 is 0 Å². The van der Waals surface area contributed by atoms with Gasteiger partial charge in [0.2, 0.25) is 0 Å². The standard InChI is InChI=1S/C12H22O3/c1-2-15-12(6-8-14-9-7-12)11(13)10-4-3-5-10/h10-11,13H,2-9H2,1H3. The van der Waals surface area contributed by atoms with Gasteiger partial charge < -0.3 is 14.6 Å². The maximum Gasteiger partial charge on any atom is 0.0986 e. The number of aliphatic hydroxyl groups is 1. The second-order valence-electron chi connectivity index (χ2n) is 4.75. The Morgan fingerprint density at radius 3 is 2.53 bits per heavy atom. The minimum Gasteiger partial charge on any atom is -0.390 e. The fraction of sp³-hybridized carbons (Fsp3) is 1.00. The van der Waals surface area contributed by atoms with Gasteiger partial charge in [-0.1, -0.05) is 6.42 Å². The van der Waals surface area contributed by atoms with Gasteiger partial charge in [0.25, 0.3) is 0 Å². The lowest BCUT2D eigenvalue weighted by molar-refractivity contribution is -0.187. The average molecular weight is 214 g/mol. The first-order chi connectivity index (χ1) is 7.28. The van der Waals surface area contributed by atoms with Crippen molar-refractivity contribution in [1.82, 2.24) is 0 Å². The zero-order valence-corrected chi connectivity index (χ0v) is 9.58. The zero-order chi connectivity index (χ0) is 10.7. The van der Waals surface area contributed by atoms with E-state index in [1.54, 1.807) is 0 Å². The first kappa shape index (κ1) is 11.4. The Kier molecular flexibility index (Phi) is 3.65. The molecule has 3 nitrogen and oxygen atoms in total. The van der Waals surface area contributed by atoms with Gasteiger partial charge in [-0.15, -0.1) is 0 Å². The topological polar surface area (TPSA) is 38.7 Å². The fourth-order valence-corrected chi connectivity index (χ4v) is 2.71. The molecule has 1 saturated carbocycles. The van der Waals surface area contributed by atoms with Crippen LogP contribution in [0.1, 0.15) is 39.0 Å². The molecular formula is C12H22O3. The van der Waals surface area contributed by atoms with Crippen molar-refractivity contribution in [2.24, 2.45) is 5.92 Å². The van der Waals surface area contributed by atoms with E-state index in [0.29, 0.717) is 12.5 Å². The third kappa shape index (κ3) is 2.19. The van der Waals surface area contributed by atoms with Gasteiger partial charge in [-0.3, -0.25) is 0 Å². The molecular weight excluding hydrogens is 192 g/mol. The maximum absolute atomic E-state index is 10.4. The van der Waals surface area contributed by atoms with Gasteiger partial charge in [-0.25, -0.2) is 0 Å². The van der Waals surface area contributed by atoms with Gasteiger partial charge in [-0.05, 0) is 25.7 Å². The highest BCUT2D eigenvalue weighted by molar-refractivity contribution is 4.96. The van der Waals surface area contributed by atoms with Crippen molar-refractivity contribution in [3.63, 3.8) is 0 Å². The summed E-state index contributed by atoms with van der Waals surface area (Å²) in [5, 5.41) is 10.4. The van der Waals surface area contributed by atoms with E-state index in [1.807, 2.05) is 6.92 Å². The van der Waals surface area contributed by atoms with Crippen LogP contribution in [-0.2, 0) is 9.47 Å². The molecule has 2 rings (SSSR count). The van der Waals surface area contributed by atoms with E-state index < -0.39 is 0 Å². The Labute approximate surface area is 91.8 Å². The molecule has 1 aliphatic heterocycles. The van der Waals surface area contributed by atoms with Crippen LogP contribution in [0.15, 0.2) is 0 Å². The molecule has 0 bridgehead atoms. The average Bonchev–Trinajstić information content (AvgIpc) is 2.17. The van der Waals surface area contributed by atoms with E-state index in [4.69, 9.17) is 9.47 Å². The second kappa shape index (κ2) is 4.81. The summed E-state index contributed by atoms with van der Waals surface area (Å²) in [6.45, 7) is 4.14. The molecule has 1 unspecified atom stereocenters. The van der Waals surface area contributed by atoms with Crippen LogP contribution in [0.3, 0.4) is 0 Å². The van der Waals surface area contributed by atoms with Crippen LogP contribution in [0.5, 0.6) is 0 Å². The Morgan fingerprint density at radius 1 is 1.40 bits per heavy atom. The summed E-state index contributed by atoms with van der Waals surface area (Å²) >= 11 is 0. The smallest absolute Gasteiger partial charge is 0.0986 e. The predicted molar refractivity (Wildman–Crippen MR) is 57.8 cm³/mol. The molecule has 1 saturated heterocycles. The zero-order valence-electron chi connectivity index (χ0n) is 9.58. The predicted octanol–water partition coefficient (Wildman–Crippen LogP) is 1.73. The fourth-order valence-electron chi connectivity index (χ4n) is 2.71. The van der Waals surface area contributed by atoms with Gasteiger partial charge in [0.15, 0.2) is 0 Å². The van der Waals surface area contributed by atoms with Crippen molar-refractivity contribution in [2.45, 2.75) is 50.7 Å². The highest BCUT2D eigenvalue weighted by atomic mass is 16.5. The van der Waals surface area contributed by atoms with Crippen molar-refractivity contribution in [2.75, 3.05) is 19.8 Å². The Bertz CT molecular complexity index is 190. The van der Waals surface area contributed by atoms with E-state index in [1.165, 1.54) is 6.42 Å². The number of aliphatic hydroxyl groups excluding tert-OH is 1. The summed E-state index contributed by atoms with van der Waals surface area (Å²) in [6, 6.07) is 0. The second-order valence-corrected chi connectivity index (χ2v) is 4.75. The molecule has 1 atom stereocenters. The maximum atomic E-state index is 10.4. The summed E-state index contributed by atoms with van der Waals surface area (Å²) < 4.78 is 11.2. The SMILES string of the molecule is CCOC1(C(O)C2CCC2)CCOCC1. The van der Waals surface area contributed by atoms with Gasteiger partial charge >= 0.3 is 0 Å². The summed E-state index contributed by atoms with van der Waals surface area (Å²) in [4.78, 5) is 0. The Balaban J connectivity index is 2.01. The van der Waals surface area contributed by atoms with Gasteiger partial charge in [0.1, 0.15) is 0 Å². The molecule has 2 fully saturated rings. The molecule has 0 amide bonds. The van der Waals surface area contributed by atoms with Crippen LogP contribution in [0.4, 0.5) is 0 Å². The molecule has 15 heavy (non-hydrogen) atoms. The summed E-state index contributed by atoms with van der Waals surface area (Å²) in [5.41, 5.74) is -0.307. The van der Waals surface area contributed by atoms with E-state index in [9.17, 15) is 5.11 Å². The highest BCUT2D eigenvalue weighted by Gasteiger charge is 2.45. The number of hydrogen-bond donors (Lipinski definition) is 1. The van der Waals surface area contributed by atoms with Crippen LogP contribution in [-0.4, -0.2) is 36.6 Å². The van der Waals surface area contributed by atoms with Gasteiger partial charge in [-0.2, -0.15) is 0 Å². The lowest BCUT2D eigenvalue weighted by Gasteiger charge is -2.46. The minimum absolute atomic E-state index is 0.282. The van der Waals surface area contributed by atoms with Gasteiger partial charge in [0, 0.05) is 32.7 Å². The monoisotopic (exact) mass is 214 g/mol. The van der Waals surface area contributed by atoms with Crippen molar-refractivity contribution in [1.29, 1.82) is 0 Å². The molecule has 1 N–H and O–H groups in total. The summed E-state index contributed by atoms with van der Waals surface area (Å²) in [5.74, 6) is 0.467. The van der Waals surface area contributed by atoms with Crippen LogP contribution in [0.25, 0.3) is 0 Å². The normalized spacial score (nSPS) is 28.4. The van der Waals surface area contributed by atoms with E-state index in [2.05, 4.69) is 0 Å². The number of hydrogen-bond acceptors (Lipinski definition) is 3. The van der Waals surface area contributed by atoms with Crippen molar-refractivity contribution in [3.8, 4) is 0 Å². The molecule has 3 heteroatoms. The van der Waals surface area contributed by atoms with E-state index in [0.717, 1.165) is 38.9 Å². The molecule has 0 spiro atoms. The largest absolute Gasteiger partial charge is 0.390 e. The van der Waals surface area contributed by atoms with E-state index >= 15 is 0 Å².